The lowest BCUT2D eigenvalue weighted by Crippen LogP contribution is -2.45. The normalized spacial score (nSPS) is 15.3. The van der Waals surface area contributed by atoms with Crippen molar-refractivity contribution in [3.63, 3.8) is 0 Å². The first-order valence-electron chi connectivity index (χ1n) is 8.28. The minimum Gasteiger partial charge on any atom is -0.453 e. The molecule has 3 rings (SSSR count). The van der Waals surface area contributed by atoms with Crippen LogP contribution in [-0.4, -0.2) is 40.6 Å². The third-order valence-electron chi connectivity index (χ3n) is 4.34. The highest BCUT2D eigenvalue weighted by Crippen LogP contribution is 2.25. The second-order valence-corrected chi connectivity index (χ2v) is 6.15. The Morgan fingerprint density at radius 1 is 0.926 bits per heavy atom. The smallest absolute Gasteiger partial charge is 0.329 e. The molecule has 2 amide bonds. The van der Waals surface area contributed by atoms with Crippen molar-refractivity contribution in [3.8, 4) is 0 Å². The molecule has 0 aliphatic carbocycles. The number of fused-ring (bicyclic) bond motifs is 1. The molecule has 0 spiro atoms. The maximum Gasteiger partial charge on any atom is 0.329 e. The molecule has 0 bridgehead atoms. The summed E-state index contributed by atoms with van der Waals surface area (Å²) in [4.78, 5) is 50.4. The number of esters is 1. The Morgan fingerprint density at radius 3 is 1.96 bits per heavy atom. The van der Waals surface area contributed by atoms with Gasteiger partial charge in [-0.1, -0.05) is 12.1 Å². The van der Waals surface area contributed by atoms with Crippen molar-refractivity contribution < 1.29 is 28.3 Å². The predicted molar refractivity (Wildman–Crippen MR) is 92.7 cm³/mol. The molecule has 0 N–H and O–H groups in total. The van der Waals surface area contributed by atoms with Gasteiger partial charge in [-0.2, -0.15) is 0 Å². The summed E-state index contributed by atoms with van der Waals surface area (Å²) in [6, 6.07) is 9.90. The van der Waals surface area contributed by atoms with E-state index in [0.717, 1.165) is 17.0 Å². The summed E-state index contributed by atoms with van der Waals surface area (Å²) < 4.78 is 18.1. The number of Topliss-reactive ketones (excluding diaryl/α,β-unsaturated/α-hetero) is 1. The molecular weight excluding hydrogens is 353 g/mol. The first-order chi connectivity index (χ1) is 12.8. The number of amides is 2. The first-order valence-corrected chi connectivity index (χ1v) is 8.28. The molecule has 1 aliphatic rings. The summed E-state index contributed by atoms with van der Waals surface area (Å²) in [5.74, 6) is -3.06. The highest BCUT2D eigenvalue weighted by atomic mass is 19.1. The van der Waals surface area contributed by atoms with E-state index in [4.69, 9.17) is 4.74 Å². The van der Waals surface area contributed by atoms with E-state index >= 15 is 0 Å². The van der Waals surface area contributed by atoms with Gasteiger partial charge in [0.15, 0.2) is 6.10 Å². The van der Waals surface area contributed by atoms with Crippen LogP contribution in [0.4, 0.5) is 4.39 Å². The summed E-state index contributed by atoms with van der Waals surface area (Å²) in [5, 5.41) is 0. The summed E-state index contributed by atoms with van der Waals surface area (Å²) in [6.07, 6.45) is -1.15. The maximum atomic E-state index is 13.0. The predicted octanol–water partition coefficient (Wildman–Crippen LogP) is 2.62. The number of imide groups is 1. The van der Waals surface area contributed by atoms with Gasteiger partial charge in [-0.3, -0.25) is 19.3 Å². The van der Waals surface area contributed by atoms with Crippen molar-refractivity contribution in [1.29, 1.82) is 0 Å². The zero-order chi connectivity index (χ0) is 19.7. The van der Waals surface area contributed by atoms with Crippen LogP contribution in [-0.2, 0) is 9.53 Å². The van der Waals surface area contributed by atoms with Gasteiger partial charge in [0.25, 0.3) is 11.8 Å². The molecule has 0 unspecified atom stereocenters. The maximum absolute atomic E-state index is 13.0. The monoisotopic (exact) mass is 369 g/mol. The summed E-state index contributed by atoms with van der Waals surface area (Å²) in [7, 11) is 0. The van der Waals surface area contributed by atoms with Crippen LogP contribution in [0.1, 0.15) is 44.9 Å². The SMILES string of the molecule is C[C@H](OC(=O)[C@H](C)N1C(=O)c2ccccc2C1=O)C(=O)c1ccc(F)cc1. The van der Waals surface area contributed by atoms with E-state index < -0.39 is 41.5 Å². The largest absolute Gasteiger partial charge is 0.453 e. The van der Waals surface area contributed by atoms with E-state index in [1.807, 2.05) is 0 Å². The van der Waals surface area contributed by atoms with Crippen LogP contribution in [0.5, 0.6) is 0 Å². The summed E-state index contributed by atoms with van der Waals surface area (Å²) in [5.41, 5.74) is 0.625. The van der Waals surface area contributed by atoms with Crippen molar-refractivity contribution in [2.24, 2.45) is 0 Å². The Kier molecular flexibility index (Phi) is 4.85. The summed E-state index contributed by atoms with van der Waals surface area (Å²) in [6.45, 7) is 2.73. The Bertz CT molecular complexity index is 903. The van der Waals surface area contributed by atoms with Crippen LogP contribution in [0.25, 0.3) is 0 Å². The minimum atomic E-state index is -1.19. The number of nitrogens with zero attached hydrogens (tertiary/aromatic N) is 1. The molecule has 0 aromatic heterocycles. The number of halogens is 1. The number of rotatable bonds is 5. The zero-order valence-corrected chi connectivity index (χ0v) is 14.6. The fraction of sp³-hybridized carbons (Fsp3) is 0.200. The van der Waals surface area contributed by atoms with E-state index in [1.165, 1.54) is 38.1 Å². The van der Waals surface area contributed by atoms with E-state index in [9.17, 15) is 23.6 Å². The van der Waals surface area contributed by atoms with E-state index in [2.05, 4.69) is 0 Å². The molecular formula is C20H16FNO5. The molecule has 0 saturated heterocycles. The van der Waals surface area contributed by atoms with Gasteiger partial charge in [-0.05, 0) is 50.2 Å². The lowest BCUT2D eigenvalue weighted by molar-refractivity contribution is -0.150. The number of ether oxygens (including phenoxy) is 1. The number of hydrogen-bond donors (Lipinski definition) is 0. The van der Waals surface area contributed by atoms with Gasteiger partial charge in [-0.15, -0.1) is 0 Å². The summed E-state index contributed by atoms with van der Waals surface area (Å²) >= 11 is 0. The molecule has 7 heteroatoms. The highest BCUT2D eigenvalue weighted by molar-refractivity contribution is 6.22. The van der Waals surface area contributed by atoms with Crippen LogP contribution >= 0.6 is 0 Å². The standard InChI is InChI=1S/C20H16FNO5/c1-11(22-18(24)15-5-3-4-6-16(15)19(22)25)20(26)27-12(2)17(23)13-7-9-14(21)10-8-13/h3-12H,1-2H3/t11-,12-/m0/s1. The molecule has 2 aromatic rings. The second kappa shape index (κ2) is 7.11. The lowest BCUT2D eigenvalue weighted by Gasteiger charge is -2.22. The van der Waals surface area contributed by atoms with Gasteiger partial charge in [-0.25, -0.2) is 9.18 Å². The van der Waals surface area contributed by atoms with Gasteiger partial charge < -0.3 is 4.74 Å². The molecule has 1 heterocycles. The molecule has 6 nitrogen and oxygen atoms in total. The fourth-order valence-corrected chi connectivity index (χ4v) is 2.84. The number of carbonyl (C=O) groups is 4. The van der Waals surface area contributed by atoms with Crippen LogP contribution in [0.2, 0.25) is 0 Å². The molecule has 27 heavy (non-hydrogen) atoms. The van der Waals surface area contributed by atoms with Gasteiger partial charge in [0.2, 0.25) is 5.78 Å². The van der Waals surface area contributed by atoms with Crippen molar-refractivity contribution in [1.82, 2.24) is 4.90 Å². The Balaban J connectivity index is 1.71. The first kappa shape index (κ1) is 18.4. The third-order valence-corrected chi connectivity index (χ3v) is 4.34. The van der Waals surface area contributed by atoms with Gasteiger partial charge in [0, 0.05) is 5.56 Å². The average molecular weight is 369 g/mol. The van der Waals surface area contributed by atoms with Gasteiger partial charge in [0.1, 0.15) is 11.9 Å². The Morgan fingerprint density at radius 2 is 1.44 bits per heavy atom. The van der Waals surface area contributed by atoms with Gasteiger partial charge in [0.05, 0.1) is 11.1 Å². The number of benzene rings is 2. The second-order valence-electron chi connectivity index (χ2n) is 6.15. The molecule has 1 aliphatic heterocycles. The lowest BCUT2D eigenvalue weighted by atomic mass is 10.1. The van der Waals surface area contributed by atoms with E-state index in [0.29, 0.717) is 0 Å². The van der Waals surface area contributed by atoms with Crippen molar-refractivity contribution >= 4 is 23.6 Å². The Labute approximate surface area is 154 Å². The van der Waals surface area contributed by atoms with Crippen LogP contribution in [0.15, 0.2) is 48.5 Å². The highest BCUT2D eigenvalue weighted by Gasteiger charge is 2.41. The fourth-order valence-electron chi connectivity index (χ4n) is 2.84. The van der Waals surface area contributed by atoms with E-state index in [-0.39, 0.29) is 16.7 Å². The van der Waals surface area contributed by atoms with Crippen molar-refractivity contribution in [2.75, 3.05) is 0 Å². The molecule has 2 aromatic carbocycles. The minimum absolute atomic E-state index is 0.185. The molecule has 138 valence electrons. The van der Waals surface area contributed by atoms with Crippen LogP contribution < -0.4 is 0 Å². The van der Waals surface area contributed by atoms with E-state index in [1.54, 1.807) is 12.1 Å². The third kappa shape index (κ3) is 3.36. The number of hydrogen-bond acceptors (Lipinski definition) is 5. The number of carbonyl (C=O) groups excluding carboxylic acids is 4. The van der Waals surface area contributed by atoms with Crippen LogP contribution in [0.3, 0.4) is 0 Å². The van der Waals surface area contributed by atoms with Gasteiger partial charge >= 0.3 is 5.97 Å². The van der Waals surface area contributed by atoms with Crippen molar-refractivity contribution in [3.05, 3.63) is 71.0 Å². The molecule has 0 saturated carbocycles. The topological polar surface area (TPSA) is 80.8 Å². The molecule has 0 radical (unpaired) electrons. The zero-order valence-electron chi connectivity index (χ0n) is 14.6. The molecule has 2 atom stereocenters. The Hall–Kier alpha value is -3.35. The quantitative estimate of drug-likeness (QED) is 0.460. The van der Waals surface area contributed by atoms with Crippen LogP contribution in [0, 0.1) is 5.82 Å². The van der Waals surface area contributed by atoms with Crippen molar-refractivity contribution in [2.45, 2.75) is 26.0 Å². The average Bonchev–Trinajstić information content (AvgIpc) is 2.92. The number of ketones is 1. The molecule has 0 fully saturated rings.